The largest absolute Gasteiger partial charge is 0.467 e. The third-order valence-electron chi connectivity index (χ3n) is 6.83. The van der Waals surface area contributed by atoms with Crippen molar-refractivity contribution in [2.24, 2.45) is 5.92 Å². The van der Waals surface area contributed by atoms with Crippen LogP contribution in [0.15, 0.2) is 60.7 Å². The Balaban J connectivity index is 1.74. The van der Waals surface area contributed by atoms with Crippen LogP contribution in [-0.4, -0.2) is 55.0 Å². The first-order chi connectivity index (χ1) is 18.0. The smallest absolute Gasteiger partial charge is 0.328 e. The zero-order valence-corrected chi connectivity index (χ0v) is 22.6. The molecule has 0 saturated heterocycles. The number of esters is 1. The molecule has 8 heteroatoms. The van der Waals surface area contributed by atoms with Gasteiger partial charge in [-0.2, -0.15) is 11.8 Å². The molecule has 7 nitrogen and oxygen atoms in total. The Morgan fingerprint density at radius 1 is 0.892 bits per heavy atom. The summed E-state index contributed by atoms with van der Waals surface area (Å²) >= 11 is 1.61. The Morgan fingerprint density at radius 2 is 1.51 bits per heavy atom. The van der Waals surface area contributed by atoms with Crippen molar-refractivity contribution < 1.29 is 19.1 Å². The fourth-order valence-corrected chi connectivity index (χ4v) is 5.27. The quantitative estimate of drug-likeness (QED) is 0.340. The van der Waals surface area contributed by atoms with Crippen LogP contribution in [0, 0.1) is 5.92 Å². The summed E-state index contributed by atoms with van der Waals surface area (Å²) in [7, 11) is 1.31. The van der Waals surface area contributed by atoms with E-state index in [4.69, 9.17) is 4.74 Å². The zero-order valence-electron chi connectivity index (χ0n) is 21.8. The summed E-state index contributed by atoms with van der Waals surface area (Å²) in [4.78, 5) is 39.5. The van der Waals surface area contributed by atoms with Crippen molar-refractivity contribution in [1.82, 2.24) is 10.6 Å². The van der Waals surface area contributed by atoms with Crippen LogP contribution in [0.25, 0.3) is 0 Å². The second-order valence-corrected chi connectivity index (χ2v) is 10.5. The molecule has 1 saturated carbocycles. The molecule has 0 spiro atoms. The Morgan fingerprint density at radius 3 is 2.14 bits per heavy atom. The summed E-state index contributed by atoms with van der Waals surface area (Å²) in [5, 5.41) is 9.28. The van der Waals surface area contributed by atoms with Crippen molar-refractivity contribution >= 4 is 35.2 Å². The van der Waals surface area contributed by atoms with Crippen LogP contribution in [0.1, 0.15) is 44.1 Å². The second-order valence-electron chi connectivity index (χ2n) is 9.50. The van der Waals surface area contributed by atoms with Gasteiger partial charge in [-0.1, -0.05) is 67.8 Å². The molecule has 1 aliphatic carbocycles. The number of carbonyl (C=O) groups is 3. The van der Waals surface area contributed by atoms with E-state index in [0.717, 1.165) is 36.9 Å². The summed E-state index contributed by atoms with van der Waals surface area (Å²) in [6.07, 6.45) is 8.06. The molecule has 3 atom stereocenters. The van der Waals surface area contributed by atoms with Gasteiger partial charge >= 0.3 is 5.97 Å². The van der Waals surface area contributed by atoms with Gasteiger partial charge in [-0.25, -0.2) is 4.79 Å². The number of amides is 2. The van der Waals surface area contributed by atoms with Gasteiger partial charge in [-0.05, 0) is 54.9 Å². The molecule has 0 radical (unpaired) electrons. The van der Waals surface area contributed by atoms with Crippen LogP contribution in [0.3, 0.4) is 0 Å². The monoisotopic (exact) mass is 525 g/mol. The number of carbonyl (C=O) groups excluding carboxylic acids is 3. The third kappa shape index (κ3) is 9.11. The first kappa shape index (κ1) is 28.6. The summed E-state index contributed by atoms with van der Waals surface area (Å²) in [6.45, 7) is 0. The minimum Gasteiger partial charge on any atom is -0.467 e. The molecule has 0 aliphatic heterocycles. The number of thioether (sulfide) groups is 1. The van der Waals surface area contributed by atoms with Gasteiger partial charge in [0.1, 0.15) is 18.1 Å². The van der Waals surface area contributed by atoms with Gasteiger partial charge in [-0.3, -0.25) is 9.59 Å². The van der Waals surface area contributed by atoms with Crippen molar-refractivity contribution in [3.63, 3.8) is 0 Å². The number of hydrogen-bond acceptors (Lipinski definition) is 6. The molecule has 3 N–H and O–H groups in total. The highest BCUT2D eigenvalue weighted by molar-refractivity contribution is 7.98. The maximum Gasteiger partial charge on any atom is 0.328 e. The predicted molar refractivity (Wildman–Crippen MR) is 149 cm³/mol. The van der Waals surface area contributed by atoms with Crippen LogP contribution < -0.4 is 16.0 Å². The Bertz CT molecular complexity index is 983. The molecule has 2 aromatic rings. The molecule has 3 rings (SSSR count). The van der Waals surface area contributed by atoms with Crippen molar-refractivity contribution in [3.8, 4) is 0 Å². The fraction of sp³-hybridized carbons (Fsp3) is 0.483. The number of ether oxygens (including phenoxy) is 1. The van der Waals surface area contributed by atoms with Crippen molar-refractivity contribution in [3.05, 3.63) is 66.2 Å². The summed E-state index contributed by atoms with van der Waals surface area (Å²) in [6, 6.07) is 17.2. The normalized spacial score (nSPS) is 16.2. The van der Waals surface area contributed by atoms with Crippen molar-refractivity contribution in [2.45, 2.75) is 63.1 Å². The first-order valence-electron chi connectivity index (χ1n) is 13.0. The van der Waals surface area contributed by atoms with Gasteiger partial charge < -0.3 is 20.7 Å². The summed E-state index contributed by atoms with van der Waals surface area (Å²) < 4.78 is 4.96. The number of methoxy groups -OCH3 is 1. The lowest BCUT2D eigenvalue weighted by Crippen LogP contribution is -2.56. The number of benzene rings is 2. The van der Waals surface area contributed by atoms with E-state index in [-0.39, 0.29) is 17.7 Å². The number of hydrogen-bond donors (Lipinski definition) is 3. The lowest BCUT2D eigenvalue weighted by molar-refractivity contribution is -0.145. The summed E-state index contributed by atoms with van der Waals surface area (Å²) in [5.74, 6) is -0.192. The molecule has 2 aromatic carbocycles. The molecule has 0 aromatic heterocycles. The third-order valence-corrected chi connectivity index (χ3v) is 7.47. The molecule has 0 bridgehead atoms. The molecular formula is C29H39N3O4S. The molecule has 2 amide bonds. The number of para-hydroxylation sites is 1. The van der Waals surface area contributed by atoms with Gasteiger partial charge in [0.05, 0.1) is 7.11 Å². The van der Waals surface area contributed by atoms with Gasteiger partial charge in [0.2, 0.25) is 11.8 Å². The van der Waals surface area contributed by atoms with Crippen molar-refractivity contribution in [1.29, 1.82) is 0 Å². The van der Waals surface area contributed by atoms with E-state index in [1.165, 1.54) is 13.5 Å². The van der Waals surface area contributed by atoms with Crippen LogP contribution >= 0.6 is 11.8 Å². The predicted octanol–water partition coefficient (Wildman–Crippen LogP) is 4.19. The molecular weight excluding hydrogens is 486 g/mol. The van der Waals surface area contributed by atoms with E-state index in [2.05, 4.69) is 16.0 Å². The molecule has 1 unspecified atom stereocenters. The van der Waals surface area contributed by atoms with Gasteiger partial charge in [-0.15, -0.1) is 0 Å². The molecule has 1 aliphatic rings. The maximum atomic E-state index is 13.6. The van der Waals surface area contributed by atoms with E-state index in [9.17, 15) is 14.4 Å². The molecule has 1 fully saturated rings. The van der Waals surface area contributed by atoms with E-state index >= 15 is 0 Å². The standard InChI is InChI=1S/C29H39N3O4S/c1-36-29(35)25(20-21-12-6-3-7-13-21)32-27(33)24(18-19-37-2)31-28(34)26(22-14-8-4-9-15-22)30-23-16-10-5-11-17-23/h3,5-7,10-13,16-17,22,24-26,30H,4,8-9,14-15,18-20H2,1-2H3,(H,31,34)(H,32,33)/t24-,25-,26?/m0/s1. The van der Waals surface area contributed by atoms with E-state index < -0.39 is 24.1 Å². The molecule has 0 heterocycles. The zero-order chi connectivity index (χ0) is 26.5. The fourth-order valence-electron chi connectivity index (χ4n) is 4.80. The van der Waals surface area contributed by atoms with Crippen LogP contribution in [0.2, 0.25) is 0 Å². The Kier molecular flexibility index (Phi) is 11.8. The topological polar surface area (TPSA) is 96.5 Å². The number of rotatable bonds is 13. The lowest BCUT2D eigenvalue weighted by atomic mass is 9.83. The lowest BCUT2D eigenvalue weighted by Gasteiger charge is -2.32. The highest BCUT2D eigenvalue weighted by Gasteiger charge is 2.33. The minimum atomic E-state index is -0.842. The average molecular weight is 526 g/mol. The maximum absolute atomic E-state index is 13.6. The summed E-state index contributed by atoms with van der Waals surface area (Å²) in [5.41, 5.74) is 1.79. The highest BCUT2D eigenvalue weighted by atomic mass is 32.2. The van der Waals surface area contributed by atoms with Crippen LogP contribution in [-0.2, 0) is 25.5 Å². The minimum absolute atomic E-state index is 0.185. The van der Waals surface area contributed by atoms with E-state index in [0.29, 0.717) is 18.6 Å². The second kappa shape index (κ2) is 15.3. The number of nitrogens with one attached hydrogen (secondary N) is 3. The Labute approximate surface area is 224 Å². The van der Waals surface area contributed by atoms with Crippen LogP contribution in [0.5, 0.6) is 0 Å². The van der Waals surface area contributed by atoms with E-state index in [1.807, 2.05) is 66.9 Å². The van der Waals surface area contributed by atoms with Crippen LogP contribution in [0.4, 0.5) is 5.69 Å². The molecule has 37 heavy (non-hydrogen) atoms. The Hall–Kier alpha value is -3.00. The van der Waals surface area contributed by atoms with Gasteiger partial charge in [0.25, 0.3) is 0 Å². The molecule has 200 valence electrons. The average Bonchev–Trinajstić information content (AvgIpc) is 2.94. The van der Waals surface area contributed by atoms with Gasteiger partial charge in [0, 0.05) is 12.1 Å². The highest BCUT2D eigenvalue weighted by Crippen LogP contribution is 2.28. The number of anilines is 1. The first-order valence-corrected chi connectivity index (χ1v) is 14.4. The van der Waals surface area contributed by atoms with Gasteiger partial charge in [0.15, 0.2) is 0 Å². The van der Waals surface area contributed by atoms with E-state index in [1.54, 1.807) is 11.8 Å². The van der Waals surface area contributed by atoms with Crippen molar-refractivity contribution in [2.75, 3.05) is 24.4 Å². The SMILES string of the molecule is COC(=O)[C@H](Cc1ccccc1)NC(=O)[C@H](CCSC)NC(=O)C(Nc1ccccc1)C1CCCCC1.